The number of carbonyl (C=O) groups is 1. The van der Waals surface area contributed by atoms with Crippen LogP contribution in [0.4, 0.5) is 0 Å². The zero-order valence-corrected chi connectivity index (χ0v) is 15.9. The van der Waals surface area contributed by atoms with E-state index >= 15 is 0 Å². The number of carbonyl (C=O) groups excluding carboxylic acids is 1. The number of amides is 1. The Labute approximate surface area is 155 Å². The fourth-order valence-electron chi connectivity index (χ4n) is 3.64. The quantitative estimate of drug-likeness (QED) is 0.614. The van der Waals surface area contributed by atoms with Gasteiger partial charge in [-0.2, -0.15) is 0 Å². The number of benzene rings is 2. The molecule has 1 amide bonds. The summed E-state index contributed by atoms with van der Waals surface area (Å²) in [6.45, 7) is 7.07. The molecule has 0 radical (unpaired) electrons. The van der Waals surface area contributed by atoms with E-state index in [-0.39, 0.29) is 11.8 Å². The maximum atomic E-state index is 12.5. The third-order valence-electron chi connectivity index (χ3n) is 5.00. The minimum atomic E-state index is 0.0487. The summed E-state index contributed by atoms with van der Waals surface area (Å²) in [6.07, 6.45) is 4.49. The fraction of sp³-hybridized carbons (Fsp3) is 0.348. The minimum absolute atomic E-state index is 0.0487. The van der Waals surface area contributed by atoms with Crippen molar-refractivity contribution in [2.24, 2.45) is 0 Å². The number of aromatic nitrogens is 1. The summed E-state index contributed by atoms with van der Waals surface area (Å²) < 4.78 is 0. The van der Waals surface area contributed by atoms with Crippen molar-refractivity contribution in [1.29, 1.82) is 0 Å². The molecule has 1 aromatic heterocycles. The lowest BCUT2D eigenvalue weighted by Gasteiger charge is -2.18. The third kappa shape index (κ3) is 3.82. The third-order valence-corrected chi connectivity index (χ3v) is 5.00. The van der Waals surface area contributed by atoms with Crippen molar-refractivity contribution in [2.75, 3.05) is 6.54 Å². The van der Waals surface area contributed by atoms with E-state index in [1.165, 1.54) is 33.2 Å². The van der Waals surface area contributed by atoms with Crippen LogP contribution in [0.5, 0.6) is 0 Å². The van der Waals surface area contributed by atoms with Crippen LogP contribution in [0.1, 0.15) is 54.9 Å². The molecule has 0 saturated carbocycles. The summed E-state index contributed by atoms with van der Waals surface area (Å²) in [5.74, 6) is 0.159. The van der Waals surface area contributed by atoms with Gasteiger partial charge in [0.25, 0.3) is 0 Å². The number of hydrogen-bond donors (Lipinski definition) is 2. The molecular formula is C23H28N2O. The van der Waals surface area contributed by atoms with Gasteiger partial charge in [-0.05, 0) is 36.5 Å². The first kappa shape index (κ1) is 18.2. The zero-order chi connectivity index (χ0) is 18.5. The Morgan fingerprint density at radius 1 is 1.15 bits per heavy atom. The average Bonchev–Trinajstić information content (AvgIpc) is 3.08. The second-order valence-electron chi connectivity index (χ2n) is 6.96. The number of aromatic amines is 1. The highest BCUT2D eigenvalue weighted by atomic mass is 16.1. The van der Waals surface area contributed by atoms with Crippen LogP contribution in [-0.4, -0.2) is 17.4 Å². The predicted molar refractivity (Wildman–Crippen MR) is 109 cm³/mol. The van der Waals surface area contributed by atoms with E-state index in [9.17, 15) is 4.79 Å². The zero-order valence-electron chi connectivity index (χ0n) is 15.9. The fourth-order valence-corrected chi connectivity index (χ4v) is 3.64. The molecule has 0 fully saturated rings. The van der Waals surface area contributed by atoms with Crippen molar-refractivity contribution in [1.82, 2.24) is 10.3 Å². The SMILES string of the molecule is CCCNC(=O)CC(c1cccc(C)c1)c1c[nH]c2c(CC)cccc12. The second kappa shape index (κ2) is 8.22. The van der Waals surface area contributed by atoms with E-state index in [2.05, 4.69) is 79.7 Å². The van der Waals surface area contributed by atoms with Crippen LogP contribution in [0.15, 0.2) is 48.7 Å². The summed E-state index contributed by atoms with van der Waals surface area (Å²) in [4.78, 5) is 16.0. The Hall–Kier alpha value is -2.55. The molecule has 0 aliphatic rings. The largest absolute Gasteiger partial charge is 0.361 e. The first-order chi connectivity index (χ1) is 12.6. The Morgan fingerprint density at radius 2 is 1.96 bits per heavy atom. The number of nitrogens with one attached hydrogen (secondary N) is 2. The van der Waals surface area contributed by atoms with Crippen molar-refractivity contribution in [2.45, 2.75) is 46.0 Å². The van der Waals surface area contributed by atoms with Crippen LogP contribution in [0.25, 0.3) is 10.9 Å². The van der Waals surface area contributed by atoms with Crippen molar-refractivity contribution < 1.29 is 4.79 Å². The monoisotopic (exact) mass is 348 g/mol. The van der Waals surface area contributed by atoms with Gasteiger partial charge in [-0.1, -0.05) is 61.9 Å². The number of para-hydroxylation sites is 1. The van der Waals surface area contributed by atoms with Crippen molar-refractivity contribution in [3.63, 3.8) is 0 Å². The molecule has 0 aliphatic carbocycles. The lowest BCUT2D eigenvalue weighted by Crippen LogP contribution is -2.26. The average molecular weight is 348 g/mol. The Kier molecular flexibility index (Phi) is 5.77. The highest BCUT2D eigenvalue weighted by Crippen LogP contribution is 2.34. The summed E-state index contributed by atoms with van der Waals surface area (Å²) in [5.41, 5.74) is 6.12. The number of rotatable bonds is 7. The minimum Gasteiger partial charge on any atom is -0.361 e. The predicted octanol–water partition coefficient (Wildman–Crippen LogP) is 5.09. The van der Waals surface area contributed by atoms with E-state index in [0.29, 0.717) is 6.42 Å². The molecule has 136 valence electrons. The van der Waals surface area contributed by atoms with Crippen LogP contribution in [0.2, 0.25) is 0 Å². The standard InChI is InChI=1S/C23H28N2O/c1-4-12-24-22(26)14-20(18-10-6-8-16(3)13-18)21-15-25-23-17(5-2)9-7-11-19(21)23/h6-11,13,15,20,25H,4-5,12,14H2,1-3H3,(H,24,26). The van der Waals surface area contributed by atoms with Crippen LogP contribution in [-0.2, 0) is 11.2 Å². The normalized spacial score (nSPS) is 12.3. The lowest BCUT2D eigenvalue weighted by molar-refractivity contribution is -0.121. The van der Waals surface area contributed by atoms with Crippen LogP contribution in [0, 0.1) is 6.92 Å². The van der Waals surface area contributed by atoms with Crippen molar-refractivity contribution >= 4 is 16.8 Å². The number of hydrogen-bond acceptors (Lipinski definition) is 1. The lowest BCUT2D eigenvalue weighted by atomic mass is 9.87. The van der Waals surface area contributed by atoms with Gasteiger partial charge in [0.15, 0.2) is 0 Å². The molecule has 1 atom stereocenters. The molecule has 3 heteroatoms. The molecule has 0 saturated heterocycles. The highest BCUT2D eigenvalue weighted by Gasteiger charge is 2.22. The summed E-state index contributed by atoms with van der Waals surface area (Å²) >= 11 is 0. The summed E-state index contributed by atoms with van der Waals surface area (Å²) in [6, 6.07) is 14.9. The Balaban J connectivity index is 2.04. The summed E-state index contributed by atoms with van der Waals surface area (Å²) in [7, 11) is 0. The van der Waals surface area contributed by atoms with Gasteiger partial charge in [0.2, 0.25) is 5.91 Å². The topological polar surface area (TPSA) is 44.9 Å². The molecule has 0 bridgehead atoms. The van der Waals surface area contributed by atoms with Gasteiger partial charge in [0.1, 0.15) is 0 Å². The van der Waals surface area contributed by atoms with Gasteiger partial charge in [0.05, 0.1) is 0 Å². The van der Waals surface area contributed by atoms with Gasteiger partial charge in [-0.15, -0.1) is 0 Å². The molecule has 1 heterocycles. The van der Waals surface area contributed by atoms with Gasteiger partial charge in [-0.3, -0.25) is 4.79 Å². The Bertz CT molecular complexity index is 894. The molecular weight excluding hydrogens is 320 g/mol. The molecule has 26 heavy (non-hydrogen) atoms. The first-order valence-electron chi connectivity index (χ1n) is 9.56. The molecule has 0 spiro atoms. The maximum absolute atomic E-state index is 12.5. The van der Waals surface area contributed by atoms with Crippen molar-refractivity contribution in [3.8, 4) is 0 Å². The van der Waals surface area contributed by atoms with Crippen LogP contribution >= 0.6 is 0 Å². The highest BCUT2D eigenvalue weighted by molar-refractivity contribution is 5.88. The molecule has 3 aromatic rings. The maximum Gasteiger partial charge on any atom is 0.220 e. The van der Waals surface area contributed by atoms with Gasteiger partial charge >= 0.3 is 0 Å². The molecule has 3 nitrogen and oxygen atoms in total. The number of aryl methyl sites for hydroxylation is 2. The van der Waals surface area contributed by atoms with Gasteiger partial charge in [0, 0.05) is 36.0 Å². The second-order valence-corrected chi connectivity index (χ2v) is 6.96. The van der Waals surface area contributed by atoms with E-state index in [4.69, 9.17) is 0 Å². The summed E-state index contributed by atoms with van der Waals surface area (Å²) in [5, 5.41) is 4.25. The smallest absolute Gasteiger partial charge is 0.220 e. The van der Waals surface area contributed by atoms with Gasteiger partial charge in [-0.25, -0.2) is 0 Å². The van der Waals surface area contributed by atoms with E-state index < -0.39 is 0 Å². The molecule has 3 rings (SSSR count). The van der Waals surface area contributed by atoms with Crippen LogP contribution in [0.3, 0.4) is 0 Å². The molecule has 2 aromatic carbocycles. The number of fused-ring (bicyclic) bond motifs is 1. The van der Waals surface area contributed by atoms with E-state index in [0.717, 1.165) is 19.4 Å². The molecule has 1 unspecified atom stereocenters. The van der Waals surface area contributed by atoms with Gasteiger partial charge < -0.3 is 10.3 Å². The van der Waals surface area contributed by atoms with E-state index in [1.807, 2.05) is 0 Å². The number of H-pyrrole nitrogens is 1. The molecule has 2 N–H and O–H groups in total. The van der Waals surface area contributed by atoms with E-state index in [1.54, 1.807) is 0 Å². The van der Waals surface area contributed by atoms with Crippen molar-refractivity contribution in [3.05, 3.63) is 70.9 Å². The molecule has 0 aliphatic heterocycles. The Morgan fingerprint density at radius 3 is 2.69 bits per heavy atom. The first-order valence-corrected chi connectivity index (χ1v) is 9.56. The van der Waals surface area contributed by atoms with Crippen LogP contribution < -0.4 is 5.32 Å².